The van der Waals surface area contributed by atoms with Gasteiger partial charge in [-0.15, -0.1) is 0 Å². The van der Waals surface area contributed by atoms with Crippen LogP contribution >= 0.6 is 11.6 Å². The van der Waals surface area contributed by atoms with Gasteiger partial charge in [0.2, 0.25) is 0 Å². The summed E-state index contributed by atoms with van der Waals surface area (Å²) in [6.45, 7) is 4.13. The predicted molar refractivity (Wildman–Crippen MR) is 78.3 cm³/mol. The Balaban J connectivity index is 1.96. The summed E-state index contributed by atoms with van der Waals surface area (Å²) in [7, 11) is 0. The molecule has 4 heteroatoms. The number of ether oxygens (including phenoxy) is 1. The molecule has 0 saturated heterocycles. The van der Waals surface area contributed by atoms with Gasteiger partial charge < -0.3 is 10.1 Å². The van der Waals surface area contributed by atoms with Crippen LogP contribution < -0.4 is 5.32 Å². The van der Waals surface area contributed by atoms with E-state index in [1.54, 1.807) is 0 Å². The molecule has 0 spiro atoms. The average molecular weight is 284 g/mol. The van der Waals surface area contributed by atoms with Crippen LogP contribution in [-0.2, 0) is 16.1 Å². The van der Waals surface area contributed by atoms with Crippen LogP contribution in [0.5, 0.6) is 0 Å². The summed E-state index contributed by atoms with van der Waals surface area (Å²) < 4.78 is 4.87. The van der Waals surface area contributed by atoms with Crippen LogP contribution in [0, 0.1) is 0 Å². The quantitative estimate of drug-likeness (QED) is 0.556. The van der Waals surface area contributed by atoms with Crippen molar-refractivity contribution in [2.45, 2.75) is 39.2 Å². The standard InChI is InChI=1S/C15H22ClNO2/c1-2-19-15(18)6-4-3-5-11-17-12-13-7-9-14(16)10-8-13/h7-10,17H,2-6,11-12H2,1H3. The van der Waals surface area contributed by atoms with Gasteiger partial charge in [-0.1, -0.05) is 30.2 Å². The summed E-state index contributed by atoms with van der Waals surface area (Å²) in [5.74, 6) is -0.0865. The molecule has 106 valence electrons. The van der Waals surface area contributed by atoms with E-state index >= 15 is 0 Å². The minimum absolute atomic E-state index is 0.0865. The zero-order chi connectivity index (χ0) is 13.9. The maximum absolute atomic E-state index is 11.1. The Morgan fingerprint density at radius 2 is 1.95 bits per heavy atom. The molecule has 1 rings (SSSR count). The van der Waals surface area contributed by atoms with Gasteiger partial charge in [0.15, 0.2) is 0 Å². The van der Waals surface area contributed by atoms with Gasteiger partial charge in [0.05, 0.1) is 6.61 Å². The molecule has 0 saturated carbocycles. The molecule has 0 unspecified atom stereocenters. The number of hydrogen-bond acceptors (Lipinski definition) is 3. The number of halogens is 1. The topological polar surface area (TPSA) is 38.3 Å². The van der Waals surface area contributed by atoms with Crippen LogP contribution in [0.4, 0.5) is 0 Å². The van der Waals surface area contributed by atoms with Crippen molar-refractivity contribution in [1.29, 1.82) is 0 Å². The first-order chi connectivity index (χ1) is 9.22. The van der Waals surface area contributed by atoms with E-state index in [-0.39, 0.29) is 5.97 Å². The van der Waals surface area contributed by atoms with Crippen molar-refractivity contribution in [3.63, 3.8) is 0 Å². The molecule has 19 heavy (non-hydrogen) atoms. The maximum Gasteiger partial charge on any atom is 0.305 e. The number of carbonyl (C=O) groups is 1. The lowest BCUT2D eigenvalue weighted by Gasteiger charge is -2.05. The summed E-state index contributed by atoms with van der Waals surface area (Å²) in [4.78, 5) is 11.1. The summed E-state index contributed by atoms with van der Waals surface area (Å²) in [5.41, 5.74) is 1.23. The van der Waals surface area contributed by atoms with Gasteiger partial charge in [-0.2, -0.15) is 0 Å². The number of esters is 1. The van der Waals surface area contributed by atoms with Crippen molar-refractivity contribution in [3.8, 4) is 0 Å². The number of rotatable bonds is 9. The van der Waals surface area contributed by atoms with E-state index in [2.05, 4.69) is 5.32 Å². The molecule has 1 aromatic rings. The molecule has 0 aliphatic carbocycles. The molecule has 0 bridgehead atoms. The molecule has 1 aromatic carbocycles. The summed E-state index contributed by atoms with van der Waals surface area (Å²) in [6, 6.07) is 7.85. The molecule has 0 aliphatic rings. The van der Waals surface area contributed by atoms with Gasteiger partial charge in [-0.25, -0.2) is 0 Å². The highest BCUT2D eigenvalue weighted by atomic mass is 35.5. The Kier molecular flexibility index (Phi) is 8.26. The van der Waals surface area contributed by atoms with E-state index in [0.717, 1.165) is 37.4 Å². The Morgan fingerprint density at radius 1 is 1.21 bits per heavy atom. The lowest BCUT2D eigenvalue weighted by Crippen LogP contribution is -2.14. The molecule has 0 heterocycles. The predicted octanol–water partition coefficient (Wildman–Crippen LogP) is 3.55. The summed E-state index contributed by atoms with van der Waals surface area (Å²) >= 11 is 5.82. The van der Waals surface area contributed by atoms with Gasteiger partial charge in [-0.3, -0.25) is 4.79 Å². The molecule has 1 N–H and O–H groups in total. The fourth-order valence-corrected chi connectivity index (χ4v) is 1.89. The van der Waals surface area contributed by atoms with E-state index in [1.807, 2.05) is 31.2 Å². The molecule has 0 atom stereocenters. The molecule has 0 amide bonds. The van der Waals surface area contributed by atoms with E-state index < -0.39 is 0 Å². The monoisotopic (exact) mass is 283 g/mol. The molecule has 0 aromatic heterocycles. The number of hydrogen-bond donors (Lipinski definition) is 1. The smallest absolute Gasteiger partial charge is 0.305 e. The van der Waals surface area contributed by atoms with Crippen molar-refractivity contribution in [2.24, 2.45) is 0 Å². The maximum atomic E-state index is 11.1. The molecular formula is C15H22ClNO2. The third-order valence-electron chi connectivity index (χ3n) is 2.78. The van der Waals surface area contributed by atoms with Crippen LogP contribution in [0.2, 0.25) is 5.02 Å². The van der Waals surface area contributed by atoms with Gasteiger partial charge in [0.25, 0.3) is 0 Å². The first-order valence-electron chi connectivity index (χ1n) is 6.83. The Labute approximate surface area is 120 Å². The largest absolute Gasteiger partial charge is 0.466 e. The van der Waals surface area contributed by atoms with E-state index in [4.69, 9.17) is 16.3 Å². The normalized spacial score (nSPS) is 10.4. The highest BCUT2D eigenvalue weighted by Crippen LogP contribution is 2.09. The van der Waals surface area contributed by atoms with Gasteiger partial charge >= 0.3 is 5.97 Å². The van der Waals surface area contributed by atoms with Crippen LogP contribution in [0.15, 0.2) is 24.3 Å². The van der Waals surface area contributed by atoms with Crippen molar-refractivity contribution < 1.29 is 9.53 Å². The van der Waals surface area contributed by atoms with Crippen LogP contribution in [-0.4, -0.2) is 19.1 Å². The van der Waals surface area contributed by atoms with Crippen LogP contribution in [0.25, 0.3) is 0 Å². The highest BCUT2D eigenvalue weighted by molar-refractivity contribution is 6.30. The van der Waals surface area contributed by atoms with Crippen LogP contribution in [0.3, 0.4) is 0 Å². The molecule has 0 fully saturated rings. The fourth-order valence-electron chi connectivity index (χ4n) is 1.76. The van der Waals surface area contributed by atoms with Gasteiger partial charge in [0.1, 0.15) is 0 Å². The first-order valence-corrected chi connectivity index (χ1v) is 7.21. The third-order valence-corrected chi connectivity index (χ3v) is 3.03. The molecule has 0 aliphatic heterocycles. The SMILES string of the molecule is CCOC(=O)CCCCCNCc1ccc(Cl)cc1. The lowest BCUT2D eigenvalue weighted by molar-refractivity contribution is -0.143. The highest BCUT2D eigenvalue weighted by Gasteiger charge is 2.00. The number of carbonyl (C=O) groups excluding carboxylic acids is 1. The first kappa shape index (κ1) is 16.0. The van der Waals surface area contributed by atoms with Crippen molar-refractivity contribution in [2.75, 3.05) is 13.2 Å². The summed E-state index contributed by atoms with van der Waals surface area (Å²) in [6.07, 6.45) is 3.56. The number of nitrogens with one attached hydrogen (secondary N) is 1. The van der Waals surface area contributed by atoms with E-state index in [9.17, 15) is 4.79 Å². The molecule has 3 nitrogen and oxygen atoms in total. The zero-order valence-corrected chi connectivity index (χ0v) is 12.2. The van der Waals surface area contributed by atoms with E-state index in [1.165, 1.54) is 5.56 Å². The van der Waals surface area contributed by atoms with Crippen molar-refractivity contribution >= 4 is 17.6 Å². The molecule has 0 radical (unpaired) electrons. The average Bonchev–Trinajstić information content (AvgIpc) is 2.40. The van der Waals surface area contributed by atoms with Crippen LogP contribution in [0.1, 0.15) is 38.2 Å². The fraction of sp³-hybridized carbons (Fsp3) is 0.533. The van der Waals surface area contributed by atoms with E-state index in [0.29, 0.717) is 13.0 Å². The molecular weight excluding hydrogens is 262 g/mol. The van der Waals surface area contributed by atoms with Crippen molar-refractivity contribution in [3.05, 3.63) is 34.9 Å². The second-order valence-electron chi connectivity index (χ2n) is 4.42. The zero-order valence-electron chi connectivity index (χ0n) is 11.5. The lowest BCUT2D eigenvalue weighted by atomic mass is 10.2. The summed E-state index contributed by atoms with van der Waals surface area (Å²) in [5, 5.41) is 4.14. The van der Waals surface area contributed by atoms with Gasteiger partial charge in [0, 0.05) is 18.0 Å². The second kappa shape index (κ2) is 9.82. The van der Waals surface area contributed by atoms with Crippen molar-refractivity contribution in [1.82, 2.24) is 5.32 Å². The second-order valence-corrected chi connectivity index (χ2v) is 4.86. The Morgan fingerprint density at radius 3 is 2.63 bits per heavy atom. The minimum Gasteiger partial charge on any atom is -0.466 e. The number of unbranched alkanes of at least 4 members (excludes halogenated alkanes) is 2. The third kappa shape index (κ3) is 7.85. The Bertz CT molecular complexity index is 365. The Hall–Kier alpha value is -1.06. The van der Waals surface area contributed by atoms with Gasteiger partial charge in [-0.05, 0) is 44.0 Å². The number of benzene rings is 1. The minimum atomic E-state index is -0.0865.